The molecule has 0 bridgehead atoms. The molecule has 1 rings (SSSR count). The summed E-state index contributed by atoms with van der Waals surface area (Å²) in [6.07, 6.45) is 6.48. The lowest BCUT2D eigenvalue weighted by molar-refractivity contribution is -0.137. The summed E-state index contributed by atoms with van der Waals surface area (Å²) >= 11 is 0. The average molecular weight is 251 g/mol. The van der Waals surface area contributed by atoms with E-state index in [1.54, 1.807) is 0 Å². The first kappa shape index (κ1) is 13.7. The molecule has 0 aliphatic carbocycles. The highest BCUT2D eigenvalue weighted by Gasteiger charge is 2.20. The summed E-state index contributed by atoms with van der Waals surface area (Å²) in [5, 5.41) is 16.0. The second-order valence-corrected chi connectivity index (χ2v) is 3.41. The van der Waals surface area contributed by atoms with E-state index in [0.717, 1.165) is 4.90 Å². The van der Waals surface area contributed by atoms with Gasteiger partial charge in [0, 0.05) is 6.54 Å². The minimum Gasteiger partial charge on any atom is -0.480 e. The minimum atomic E-state index is -1.15. The molecule has 0 aromatic carbocycles. The molecule has 0 spiro atoms. The zero-order chi connectivity index (χ0) is 13.5. The van der Waals surface area contributed by atoms with Crippen LogP contribution in [0.4, 0.5) is 0 Å². The van der Waals surface area contributed by atoms with Crippen molar-refractivity contribution in [2.45, 2.75) is 6.54 Å². The van der Waals surface area contributed by atoms with Crippen LogP contribution in [0.3, 0.4) is 0 Å². The first-order valence-electron chi connectivity index (χ1n) is 5.13. The summed E-state index contributed by atoms with van der Waals surface area (Å²) in [5.74, 6) is 0.506. The molecule has 3 N–H and O–H groups in total. The van der Waals surface area contributed by atoms with Gasteiger partial charge in [0.15, 0.2) is 5.69 Å². The molecule has 0 saturated carbocycles. The van der Waals surface area contributed by atoms with Gasteiger partial charge in [-0.05, 0) is 0 Å². The average Bonchev–Trinajstić information content (AvgIpc) is 2.76. The van der Waals surface area contributed by atoms with E-state index in [4.69, 9.17) is 17.3 Å². The first-order valence-corrected chi connectivity index (χ1v) is 5.13. The van der Waals surface area contributed by atoms with Crippen molar-refractivity contribution in [3.05, 3.63) is 11.9 Å². The standard InChI is InChI=1S/C10H13N5O3/c1-2-4-14(7-9(16)17)10(18)8-6-15(5-3-11)13-12-8/h1,6H,3-5,7,11H2,(H,16,17). The molecule has 1 aromatic rings. The van der Waals surface area contributed by atoms with Crippen LogP contribution in [0.15, 0.2) is 6.20 Å². The van der Waals surface area contributed by atoms with Gasteiger partial charge in [0.2, 0.25) is 0 Å². The van der Waals surface area contributed by atoms with E-state index in [0.29, 0.717) is 13.1 Å². The van der Waals surface area contributed by atoms with Crippen molar-refractivity contribution in [2.24, 2.45) is 5.73 Å². The van der Waals surface area contributed by atoms with E-state index in [-0.39, 0.29) is 12.2 Å². The molecule has 0 aliphatic heterocycles. The lowest BCUT2D eigenvalue weighted by Crippen LogP contribution is -2.36. The molecule has 0 radical (unpaired) electrons. The Labute approximate surface area is 103 Å². The molecule has 1 aromatic heterocycles. The summed E-state index contributed by atoms with van der Waals surface area (Å²) in [4.78, 5) is 23.5. The van der Waals surface area contributed by atoms with E-state index in [1.807, 2.05) is 0 Å². The Balaban J connectivity index is 2.81. The number of rotatable bonds is 6. The fourth-order valence-corrected chi connectivity index (χ4v) is 1.27. The number of terminal acetylenes is 1. The zero-order valence-electron chi connectivity index (χ0n) is 9.61. The van der Waals surface area contributed by atoms with Crippen LogP contribution in [0.2, 0.25) is 0 Å². The Kier molecular flexibility index (Phi) is 4.83. The lowest BCUT2D eigenvalue weighted by Gasteiger charge is -2.15. The topological polar surface area (TPSA) is 114 Å². The Morgan fingerprint density at radius 1 is 1.61 bits per heavy atom. The molecule has 8 nitrogen and oxygen atoms in total. The highest BCUT2D eigenvalue weighted by molar-refractivity contribution is 5.93. The highest BCUT2D eigenvalue weighted by atomic mass is 16.4. The Bertz CT molecular complexity index is 476. The van der Waals surface area contributed by atoms with Crippen LogP contribution in [-0.2, 0) is 11.3 Å². The fraction of sp³-hybridized carbons (Fsp3) is 0.400. The molecule has 18 heavy (non-hydrogen) atoms. The molecule has 96 valence electrons. The SMILES string of the molecule is C#CCN(CC(=O)O)C(=O)c1cn(CCN)nn1. The summed E-state index contributed by atoms with van der Waals surface area (Å²) < 4.78 is 1.40. The molecule has 0 aliphatic rings. The molecular formula is C10H13N5O3. The molecule has 0 fully saturated rings. The summed E-state index contributed by atoms with van der Waals surface area (Å²) in [5.41, 5.74) is 5.37. The third-order valence-corrected chi connectivity index (χ3v) is 2.01. The van der Waals surface area contributed by atoms with Crippen LogP contribution in [0.1, 0.15) is 10.5 Å². The predicted molar refractivity (Wildman–Crippen MR) is 61.4 cm³/mol. The molecule has 1 amide bonds. The maximum Gasteiger partial charge on any atom is 0.323 e. The smallest absolute Gasteiger partial charge is 0.323 e. The Morgan fingerprint density at radius 3 is 2.89 bits per heavy atom. The minimum absolute atomic E-state index is 0.0416. The number of carboxylic acid groups (broad SMARTS) is 1. The molecule has 1 heterocycles. The van der Waals surface area contributed by atoms with Crippen molar-refractivity contribution in [1.82, 2.24) is 19.9 Å². The van der Waals surface area contributed by atoms with Crippen LogP contribution in [0.5, 0.6) is 0 Å². The number of aromatic nitrogens is 3. The van der Waals surface area contributed by atoms with Gasteiger partial charge in [-0.15, -0.1) is 11.5 Å². The van der Waals surface area contributed by atoms with Crippen LogP contribution in [0.25, 0.3) is 0 Å². The number of amides is 1. The second-order valence-electron chi connectivity index (χ2n) is 3.41. The largest absolute Gasteiger partial charge is 0.480 e. The third-order valence-electron chi connectivity index (χ3n) is 2.01. The predicted octanol–water partition coefficient (Wildman–Crippen LogP) is -1.60. The summed E-state index contributed by atoms with van der Waals surface area (Å²) in [6.45, 7) is 0.205. The van der Waals surface area contributed by atoms with E-state index < -0.39 is 18.4 Å². The first-order chi connectivity index (χ1) is 8.58. The van der Waals surface area contributed by atoms with Crippen molar-refractivity contribution in [3.8, 4) is 12.3 Å². The maximum absolute atomic E-state index is 11.9. The number of hydrogen-bond acceptors (Lipinski definition) is 5. The normalized spacial score (nSPS) is 9.78. The van der Waals surface area contributed by atoms with Crippen molar-refractivity contribution < 1.29 is 14.7 Å². The van der Waals surface area contributed by atoms with Gasteiger partial charge in [-0.3, -0.25) is 14.3 Å². The second kappa shape index (κ2) is 6.36. The molecule has 0 unspecified atom stereocenters. The number of hydrogen-bond donors (Lipinski definition) is 2. The Morgan fingerprint density at radius 2 is 2.33 bits per heavy atom. The van der Waals surface area contributed by atoms with E-state index >= 15 is 0 Å². The van der Waals surface area contributed by atoms with Gasteiger partial charge < -0.3 is 15.7 Å². The van der Waals surface area contributed by atoms with Gasteiger partial charge in [-0.1, -0.05) is 11.1 Å². The Hall–Kier alpha value is -2.40. The van der Waals surface area contributed by atoms with E-state index in [1.165, 1.54) is 10.9 Å². The molecule has 0 saturated heterocycles. The number of nitrogens with two attached hydrogens (primary N) is 1. The zero-order valence-corrected chi connectivity index (χ0v) is 9.61. The van der Waals surface area contributed by atoms with Gasteiger partial charge >= 0.3 is 5.97 Å². The van der Waals surface area contributed by atoms with Gasteiger partial charge in [-0.2, -0.15) is 0 Å². The van der Waals surface area contributed by atoms with Crippen molar-refractivity contribution in [3.63, 3.8) is 0 Å². The summed E-state index contributed by atoms with van der Waals surface area (Å²) in [6, 6.07) is 0. The lowest BCUT2D eigenvalue weighted by atomic mass is 10.3. The molecule has 8 heteroatoms. The van der Waals surface area contributed by atoms with Crippen molar-refractivity contribution in [2.75, 3.05) is 19.6 Å². The van der Waals surface area contributed by atoms with E-state index in [2.05, 4.69) is 16.2 Å². The van der Waals surface area contributed by atoms with Crippen LogP contribution in [-0.4, -0.2) is 56.5 Å². The van der Waals surface area contributed by atoms with Crippen LogP contribution < -0.4 is 5.73 Å². The van der Waals surface area contributed by atoms with Gasteiger partial charge in [0.05, 0.1) is 19.3 Å². The number of aliphatic carboxylic acids is 1. The molecular weight excluding hydrogens is 238 g/mol. The maximum atomic E-state index is 11.9. The highest BCUT2D eigenvalue weighted by Crippen LogP contribution is 2.00. The van der Waals surface area contributed by atoms with Gasteiger partial charge in [0.1, 0.15) is 6.54 Å². The van der Waals surface area contributed by atoms with Gasteiger partial charge in [-0.25, -0.2) is 0 Å². The quantitative estimate of drug-likeness (QED) is 0.588. The number of nitrogens with zero attached hydrogens (tertiary/aromatic N) is 4. The van der Waals surface area contributed by atoms with Crippen LogP contribution >= 0.6 is 0 Å². The van der Waals surface area contributed by atoms with Crippen LogP contribution in [0, 0.1) is 12.3 Å². The number of carbonyl (C=O) groups excluding carboxylic acids is 1. The number of carbonyl (C=O) groups is 2. The van der Waals surface area contributed by atoms with Crippen molar-refractivity contribution >= 4 is 11.9 Å². The number of carboxylic acids is 1. The van der Waals surface area contributed by atoms with Gasteiger partial charge in [0.25, 0.3) is 5.91 Å². The molecule has 0 atom stereocenters. The summed E-state index contributed by atoms with van der Waals surface area (Å²) in [7, 11) is 0. The van der Waals surface area contributed by atoms with Crippen molar-refractivity contribution in [1.29, 1.82) is 0 Å². The van der Waals surface area contributed by atoms with E-state index in [9.17, 15) is 9.59 Å². The third kappa shape index (κ3) is 3.57. The monoisotopic (exact) mass is 251 g/mol. The fourth-order valence-electron chi connectivity index (χ4n) is 1.27.